The number of carbonyl (C=O) groups excluding carboxylic acids is 1. The molecule has 2 aromatic carbocycles. The molecule has 0 radical (unpaired) electrons. The van der Waals surface area contributed by atoms with Gasteiger partial charge in [0.05, 0.1) is 6.21 Å². The molecule has 0 spiro atoms. The average Bonchev–Trinajstić information content (AvgIpc) is 2.74. The molecular weight excluding hydrogens is 352 g/mol. The summed E-state index contributed by atoms with van der Waals surface area (Å²) in [7, 11) is 1.50. The lowest BCUT2D eigenvalue weighted by molar-refractivity contribution is 0.102. The number of aryl methyl sites for hydroxylation is 1. The van der Waals surface area contributed by atoms with Gasteiger partial charge in [0.15, 0.2) is 0 Å². The van der Waals surface area contributed by atoms with E-state index >= 15 is 0 Å². The maximum atomic E-state index is 12.6. The van der Waals surface area contributed by atoms with Crippen LogP contribution in [0.25, 0.3) is 0 Å². The van der Waals surface area contributed by atoms with Crippen molar-refractivity contribution < 1.29 is 9.63 Å². The summed E-state index contributed by atoms with van der Waals surface area (Å²) in [6, 6.07) is 13.5. The zero-order chi connectivity index (χ0) is 19.9. The summed E-state index contributed by atoms with van der Waals surface area (Å²) in [5, 5.41) is 6.73. The third-order valence-electron chi connectivity index (χ3n) is 5.12. The van der Waals surface area contributed by atoms with Crippen LogP contribution in [0.1, 0.15) is 28.4 Å². The fourth-order valence-corrected chi connectivity index (χ4v) is 3.34. The van der Waals surface area contributed by atoms with Crippen molar-refractivity contribution in [3.8, 4) is 0 Å². The molecule has 1 heterocycles. The maximum absolute atomic E-state index is 12.6. The van der Waals surface area contributed by atoms with Gasteiger partial charge in [0.2, 0.25) is 0 Å². The van der Waals surface area contributed by atoms with Gasteiger partial charge in [0.1, 0.15) is 7.11 Å². The Bertz CT molecular complexity index is 825. The molecule has 3 rings (SSSR count). The third kappa shape index (κ3) is 4.89. The van der Waals surface area contributed by atoms with Crippen molar-refractivity contribution in [2.24, 2.45) is 5.16 Å². The van der Waals surface area contributed by atoms with Crippen molar-refractivity contribution in [1.82, 2.24) is 4.90 Å². The Morgan fingerprint density at radius 3 is 2.46 bits per heavy atom. The van der Waals surface area contributed by atoms with Gasteiger partial charge in [-0.15, -0.1) is 0 Å². The molecule has 0 aromatic heterocycles. The topological polar surface area (TPSA) is 57.2 Å². The Morgan fingerprint density at radius 1 is 1.14 bits per heavy atom. The van der Waals surface area contributed by atoms with E-state index in [1.54, 1.807) is 18.3 Å². The van der Waals surface area contributed by atoms with Crippen LogP contribution in [0.5, 0.6) is 0 Å². The summed E-state index contributed by atoms with van der Waals surface area (Å²) >= 11 is 0. The monoisotopic (exact) mass is 380 g/mol. The lowest BCUT2D eigenvalue weighted by Gasteiger charge is -2.35. The van der Waals surface area contributed by atoms with E-state index in [2.05, 4.69) is 44.2 Å². The molecule has 1 fully saturated rings. The van der Waals surface area contributed by atoms with Gasteiger partial charge in [-0.1, -0.05) is 24.2 Å². The minimum Gasteiger partial charge on any atom is -0.399 e. The van der Waals surface area contributed by atoms with Crippen molar-refractivity contribution in [2.45, 2.75) is 13.8 Å². The van der Waals surface area contributed by atoms with Crippen LogP contribution >= 0.6 is 0 Å². The van der Waals surface area contributed by atoms with Crippen molar-refractivity contribution >= 4 is 23.5 Å². The van der Waals surface area contributed by atoms with Crippen LogP contribution in [0.4, 0.5) is 11.4 Å². The van der Waals surface area contributed by atoms with Crippen LogP contribution in [0.3, 0.4) is 0 Å². The first-order valence-corrected chi connectivity index (χ1v) is 9.66. The van der Waals surface area contributed by atoms with Crippen LogP contribution in [0.2, 0.25) is 0 Å². The van der Waals surface area contributed by atoms with Gasteiger partial charge >= 0.3 is 0 Å². The second-order valence-electron chi connectivity index (χ2n) is 6.91. The van der Waals surface area contributed by atoms with Crippen molar-refractivity contribution in [3.05, 3.63) is 59.2 Å². The first-order valence-electron chi connectivity index (χ1n) is 9.66. The molecule has 2 aromatic rings. The number of hydrogen-bond acceptors (Lipinski definition) is 5. The summed E-state index contributed by atoms with van der Waals surface area (Å²) in [5.41, 5.74) is 4.60. The molecule has 0 unspecified atom stereocenters. The van der Waals surface area contributed by atoms with E-state index in [0.717, 1.165) is 49.5 Å². The maximum Gasteiger partial charge on any atom is 0.255 e. The van der Waals surface area contributed by atoms with Gasteiger partial charge in [0, 0.05) is 43.1 Å². The summed E-state index contributed by atoms with van der Waals surface area (Å²) in [4.78, 5) is 22.1. The van der Waals surface area contributed by atoms with Crippen molar-refractivity contribution in [1.29, 1.82) is 0 Å². The molecule has 1 N–H and O–H groups in total. The number of nitrogens with zero attached hydrogens (tertiary/aromatic N) is 3. The second kappa shape index (κ2) is 9.37. The van der Waals surface area contributed by atoms with Gasteiger partial charge in [0.25, 0.3) is 5.91 Å². The zero-order valence-electron chi connectivity index (χ0n) is 16.8. The van der Waals surface area contributed by atoms with E-state index in [4.69, 9.17) is 0 Å². The highest BCUT2D eigenvalue weighted by atomic mass is 16.6. The highest BCUT2D eigenvalue weighted by Crippen LogP contribution is 2.24. The molecule has 28 heavy (non-hydrogen) atoms. The highest BCUT2D eigenvalue weighted by Gasteiger charge is 2.16. The van der Waals surface area contributed by atoms with Crippen LogP contribution < -0.4 is 10.2 Å². The van der Waals surface area contributed by atoms with E-state index in [1.165, 1.54) is 12.8 Å². The third-order valence-corrected chi connectivity index (χ3v) is 5.12. The zero-order valence-corrected chi connectivity index (χ0v) is 16.8. The minimum atomic E-state index is -0.123. The SMILES string of the molecule is CCN1CCN(c2ccc(NC(=O)c3ccc(/C=N/OC)cc3)c(C)c2)CC1. The van der Waals surface area contributed by atoms with E-state index in [0.29, 0.717) is 5.56 Å². The molecule has 0 aliphatic carbocycles. The lowest BCUT2D eigenvalue weighted by atomic mass is 10.1. The minimum absolute atomic E-state index is 0.123. The number of hydrogen-bond donors (Lipinski definition) is 1. The van der Waals surface area contributed by atoms with E-state index < -0.39 is 0 Å². The Kier molecular flexibility index (Phi) is 6.66. The number of benzene rings is 2. The Labute approximate surface area is 166 Å². The number of amides is 1. The molecule has 6 heteroatoms. The number of oxime groups is 1. The van der Waals surface area contributed by atoms with E-state index in [1.807, 2.05) is 25.1 Å². The molecule has 1 saturated heterocycles. The lowest BCUT2D eigenvalue weighted by Crippen LogP contribution is -2.46. The molecule has 0 saturated carbocycles. The first kappa shape index (κ1) is 19.9. The molecule has 1 aliphatic rings. The fraction of sp³-hybridized carbons (Fsp3) is 0.364. The second-order valence-corrected chi connectivity index (χ2v) is 6.91. The van der Waals surface area contributed by atoms with Crippen LogP contribution in [0, 0.1) is 6.92 Å². The summed E-state index contributed by atoms with van der Waals surface area (Å²) in [6.07, 6.45) is 1.60. The average molecular weight is 380 g/mol. The molecule has 148 valence electrons. The predicted molar refractivity (Wildman–Crippen MR) is 115 cm³/mol. The van der Waals surface area contributed by atoms with Gasteiger partial charge in [-0.25, -0.2) is 0 Å². The van der Waals surface area contributed by atoms with Crippen molar-refractivity contribution in [2.75, 3.05) is 50.1 Å². The van der Waals surface area contributed by atoms with Crippen LogP contribution in [0.15, 0.2) is 47.6 Å². The highest BCUT2D eigenvalue weighted by molar-refractivity contribution is 6.05. The fourth-order valence-electron chi connectivity index (χ4n) is 3.34. The predicted octanol–water partition coefficient (Wildman–Crippen LogP) is 3.37. The smallest absolute Gasteiger partial charge is 0.255 e. The molecule has 0 atom stereocenters. The van der Waals surface area contributed by atoms with Gasteiger partial charge in [-0.3, -0.25) is 4.79 Å². The number of likely N-dealkylation sites (N-methyl/N-ethyl adjacent to an activating group) is 1. The van der Waals surface area contributed by atoms with Gasteiger partial charge in [-0.2, -0.15) is 0 Å². The Morgan fingerprint density at radius 2 is 1.86 bits per heavy atom. The summed E-state index contributed by atoms with van der Waals surface area (Å²) in [5.74, 6) is -0.123. The standard InChI is InChI=1S/C22H28N4O2/c1-4-25-11-13-26(14-12-25)20-9-10-21(17(2)15-20)24-22(27)19-7-5-18(6-8-19)16-23-28-3/h5-10,15-16H,4,11-14H2,1-3H3,(H,24,27)/b23-16+. The molecule has 0 bridgehead atoms. The summed E-state index contributed by atoms with van der Waals surface area (Å²) < 4.78 is 0. The molecule has 6 nitrogen and oxygen atoms in total. The van der Waals surface area contributed by atoms with Crippen LogP contribution in [-0.2, 0) is 4.84 Å². The molecular formula is C22H28N4O2. The first-order chi connectivity index (χ1) is 13.6. The molecule has 1 amide bonds. The largest absolute Gasteiger partial charge is 0.399 e. The summed E-state index contributed by atoms with van der Waals surface area (Å²) in [6.45, 7) is 9.62. The number of carbonyl (C=O) groups is 1. The van der Waals surface area contributed by atoms with Gasteiger partial charge in [-0.05, 0) is 54.9 Å². The van der Waals surface area contributed by atoms with E-state index in [-0.39, 0.29) is 5.91 Å². The van der Waals surface area contributed by atoms with Gasteiger partial charge < -0.3 is 20.0 Å². The quantitative estimate of drug-likeness (QED) is 0.617. The van der Waals surface area contributed by atoms with Crippen LogP contribution in [-0.4, -0.2) is 56.9 Å². The number of rotatable bonds is 6. The number of piperazine rings is 1. The normalized spacial score (nSPS) is 15.0. The molecule has 1 aliphatic heterocycles. The van der Waals surface area contributed by atoms with Crippen molar-refractivity contribution in [3.63, 3.8) is 0 Å². The Balaban J connectivity index is 1.64. The number of anilines is 2. The van der Waals surface area contributed by atoms with E-state index in [9.17, 15) is 4.79 Å². The number of nitrogens with one attached hydrogen (secondary N) is 1. The Hall–Kier alpha value is -2.86.